The number of para-hydroxylation sites is 1. The molecule has 0 heterocycles. The van der Waals surface area contributed by atoms with Crippen LogP contribution in [0.3, 0.4) is 0 Å². The Morgan fingerprint density at radius 3 is 2.47 bits per heavy atom. The predicted octanol–water partition coefficient (Wildman–Crippen LogP) is 2.89. The number of aliphatic hydroxyl groups is 1. The number of benzene rings is 1. The Labute approximate surface area is 119 Å². The molecular weight excluding hydrogens is 269 g/mol. The van der Waals surface area contributed by atoms with Gasteiger partial charge in [0.15, 0.2) is 11.6 Å². The van der Waals surface area contributed by atoms with E-state index in [-0.39, 0.29) is 23.9 Å². The summed E-state index contributed by atoms with van der Waals surface area (Å²) >= 11 is 0. The summed E-state index contributed by atoms with van der Waals surface area (Å²) in [5.41, 5.74) is 6.25. The van der Waals surface area contributed by atoms with Crippen molar-refractivity contribution in [1.29, 1.82) is 0 Å². The number of hydrogen-bond donors (Lipinski definition) is 3. The van der Waals surface area contributed by atoms with E-state index >= 15 is 0 Å². The molecule has 4 N–H and O–H groups in total. The van der Waals surface area contributed by atoms with Gasteiger partial charge in [0.1, 0.15) is 0 Å². The van der Waals surface area contributed by atoms with E-state index in [2.05, 4.69) is 0 Å². The Kier molecular flexibility index (Phi) is 6.04. The first-order chi connectivity index (χ1) is 8.61. The monoisotopic (exact) mass is 289 g/mol. The molecule has 1 aromatic rings. The van der Waals surface area contributed by atoms with Gasteiger partial charge >= 0.3 is 0 Å². The van der Waals surface area contributed by atoms with Crippen LogP contribution in [-0.2, 0) is 0 Å². The van der Waals surface area contributed by atoms with E-state index in [1.54, 1.807) is 6.07 Å². The second-order valence-electron chi connectivity index (χ2n) is 5.09. The van der Waals surface area contributed by atoms with E-state index in [4.69, 9.17) is 5.73 Å². The van der Waals surface area contributed by atoms with Gasteiger partial charge in [0.25, 0.3) is 0 Å². The topological polar surface area (TPSA) is 66.5 Å². The van der Waals surface area contributed by atoms with Crippen LogP contribution < -0.4 is 5.73 Å². The van der Waals surface area contributed by atoms with E-state index in [9.17, 15) is 14.6 Å². The predicted molar refractivity (Wildman–Crippen MR) is 74.8 cm³/mol. The van der Waals surface area contributed by atoms with E-state index in [0.717, 1.165) is 25.7 Å². The molecule has 108 valence electrons. The quantitative estimate of drug-likeness (QED) is 0.801. The molecule has 0 saturated heterocycles. The number of aliphatic hydroxyl groups excluding tert-OH is 1. The summed E-state index contributed by atoms with van der Waals surface area (Å²) in [5.74, 6) is -0.991. The first-order valence-corrected chi connectivity index (χ1v) is 6.52. The lowest BCUT2D eigenvalue weighted by Crippen LogP contribution is -2.34. The van der Waals surface area contributed by atoms with Gasteiger partial charge < -0.3 is 15.9 Å². The summed E-state index contributed by atoms with van der Waals surface area (Å²) in [6, 6.07) is 3.51. The zero-order valence-electron chi connectivity index (χ0n) is 10.8. The molecule has 0 bridgehead atoms. The molecule has 0 unspecified atom stereocenters. The molecule has 0 amide bonds. The highest BCUT2D eigenvalue weighted by Gasteiger charge is 2.29. The van der Waals surface area contributed by atoms with Gasteiger partial charge in [-0.2, -0.15) is 0 Å². The molecule has 2 atom stereocenters. The van der Waals surface area contributed by atoms with Crippen LogP contribution >= 0.6 is 12.4 Å². The number of phenolic OH excluding ortho intramolecular Hbond substituents is 1. The van der Waals surface area contributed by atoms with Crippen molar-refractivity contribution >= 4 is 12.4 Å². The standard InChI is InChI=1S/C14H20FNO2.ClH/c15-11-8-4-7-10(14(11)18)12(16)13(17)9-5-2-1-3-6-9;/h4,7-9,12-13,17-18H,1-3,5-6,16H2;1H/t12-,13+;/m0./s1. The van der Waals surface area contributed by atoms with Gasteiger partial charge in [-0.05, 0) is 24.8 Å². The minimum absolute atomic E-state index is 0. The highest BCUT2D eigenvalue weighted by Crippen LogP contribution is 2.34. The normalized spacial score (nSPS) is 19.5. The van der Waals surface area contributed by atoms with E-state index in [0.29, 0.717) is 0 Å². The van der Waals surface area contributed by atoms with Crippen LogP contribution in [0.25, 0.3) is 0 Å². The third kappa shape index (κ3) is 3.59. The van der Waals surface area contributed by atoms with E-state index in [1.165, 1.54) is 18.6 Å². The number of rotatable bonds is 3. The van der Waals surface area contributed by atoms with Gasteiger partial charge in [0.05, 0.1) is 12.1 Å². The van der Waals surface area contributed by atoms with E-state index in [1.807, 2.05) is 0 Å². The first kappa shape index (κ1) is 16.2. The largest absolute Gasteiger partial charge is 0.505 e. The molecule has 0 aliphatic heterocycles. The van der Waals surface area contributed by atoms with Crippen molar-refractivity contribution in [1.82, 2.24) is 0 Å². The van der Waals surface area contributed by atoms with Crippen molar-refractivity contribution in [3.05, 3.63) is 29.6 Å². The number of hydrogen-bond acceptors (Lipinski definition) is 3. The molecule has 5 heteroatoms. The third-order valence-corrected chi connectivity index (χ3v) is 3.88. The number of nitrogens with two attached hydrogens (primary N) is 1. The van der Waals surface area contributed by atoms with Crippen LogP contribution in [0.15, 0.2) is 18.2 Å². The van der Waals surface area contributed by atoms with Gasteiger partial charge in [-0.3, -0.25) is 0 Å². The molecule has 0 radical (unpaired) electrons. The molecular formula is C14H21ClFNO2. The summed E-state index contributed by atoms with van der Waals surface area (Å²) in [6.45, 7) is 0. The first-order valence-electron chi connectivity index (χ1n) is 6.52. The maximum atomic E-state index is 13.3. The highest BCUT2D eigenvalue weighted by molar-refractivity contribution is 5.85. The maximum Gasteiger partial charge on any atom is 0.165 e. The molecule has 1 saturated carbocycles. The van der Waals surface area contributed by atoms with Crippen molar-refractivity contribution in [3.8, 4) is 5.75 Å². The van der Waals surface area contributed by atoms with Crippen LogP contribution in [0.1, 0.15) is 43.7 Å². The highest BCUT2D eigenvalue weighted by atomic mass is 35.5. The smallest absolute Gasteiger partial charge is 0.165 e. The lowest BCUT2D eigenvalue weighted by Gasteiger charge is -2.30. The molecule has 0 spiro atoms. The summed E-state index contributed by atoms with van der Waals surface area (Å²) in [6.07, 6.45) is 4.57. The van der Waals surface area contributed by atoms with Crippen LogP contribution in [0.5, 0.6) is 5.75 Å². The Hall–Kier alpha value is -0.840. The van der Waals surface area contributed by atoms with Crippen molar-refractivity contribution in [2.24, 2.45) is 11.7 Å². The molecule has 1 aliphatic carbocycles. The minimum atomic E-state index is -0.733. The molecule has 2 rings (SSSR count). The van der Waals surface area contributed by atoms with Crippen LogP contribution in [-0.4, -0.2) is 16.3 Å². The number of phenols is 1. The summed E-state index contributed by atoms with van der Waals surface area (Å²) in [5, 5.41) is 19.9. The summed E-state index contributed by atoms with van der Waals surface area (Å²) in [7, 11) is 0. The molecule has 1 aliphatic rings. The van der Waals surface area contributed by atoms with Gasteiger partial charge in [-0.1, -0.05) is 31.4 Å². The lowest BCUT2D eigenvalue weighted by atomic mass is 9.81. The second kappa shape index (κ2) is 7.08. The maximum absolute atomic E-state index is 13.3. The Bertz CT molecular complexity index is 410. The Morgan fingerprint density at radius 2 is 1.84 bits per heavy atom. The van der Waals surface area contributed by atoms with Gasteiger partial charge in [0, 0.05) is 5.56 Å². The Balaban J connectivity index is 0.00000180. The summed E-state index contributed by atoms with van der Waals surface area (Å²) < 4.78 is 13.3. The molecule has 1 fully saturated rings. The third-order valence-electron chi connectivity index (χ3n) is 3.88. The number of aromatic hydroxyl groups is 1. The lowest BCUT2D eigenvalue weighted by molar-refractivity contribution is 0.0609. The number of halogens is 2. The SMILES string of the molecule is Cl.N[C@@H](c1cccc(F)c1O)[C@H](O)C1CCCCC1. The van der Waals surface area contributed by atoms with Gasteiger partial charge in [-0.15, -0.1) is 12.4 Å². The summed E-state index contributed by atoms with van der Waals surface area (Å²) in [4.78, 5) is 0. The zero-order chi connectivity index (χ0) is 13.1. The molecule has 1 aromatic carbocycles. The fourth-order valence-electron chi connectivity index (χ4n) is 2.75. The van der Waals surface area contributed by atoms with Gasteiger partial charge in [0.2, 0.25) is 0 Å². The Morgan fingerprint density at radius 1 is 1.21 bits per heavy atom. The second-order valence-corrected chi connectivity index (χ2v) is 5.09. The minimum Gasteiger partial charge on any atom is -0.505 e. The molecule has 3 nitrogen and oxygen atoms in total. The average Bonchev–Trinajstić information content (AvgIpc) is 2.41. The van der Waals surface area contributed by atoms with Crippen LogP contribution in [0, 0.1) is 11.7 Å². The van der Waals surface area contributed by atoms with Crippen molar-refractivity contribution in [2.75, 3.05) is 0 Å². The van der Waals surface area contributed by atoms with Crippen LogP contribution in [0.2, 0.25) is 0 Å². The molecule has 0 aromatic heterocycles. The van der Waals surface area contributed by atoms with Gasteiger partial charge in [-0.25, -0.2) is 4.39 Å². The fourth-order valence-corrected chi connectivity index (χ4v) is 2.75. The average molecular weight is 290 g/mol. The zero-order valence-corrected chi connectivity index (χ0v) is 11.6. The van der Waals surface area contributed by atoms with E-state index < -0.39 is 23.7 Å². The fraction of sp³-hybridized carbons (Fsp3) is 0.571. The van der Waals surface area contributed by atoms with Crippen molar-refractivity contribution in [2.45, 2.75) is 44.2 Å². The van der Waals surface area contributed by atoms with Crippen molar-refractivity contribution in [3.63, 3.8) is 0 Å². The van der Waals surface area contributed by atoms with Crippen LogP contribution in [0.4, 0.5) is 4.39 Å². The van der Waals surface area contributed by atoms with Crippen molar-refractivity contribution < 1.29 is 14.6 Å². The molecule has 19 heavy (non-hydrogen) atoms.